The smallest absolute Gasteiger partial charge is 0.303 e. The summed E-state index contributed by atoms with van der Waals surface area (Å²) in [5.41, 5.74) is 1.54. The third-order valence-electron chi connectivity index (χ3n) is 5.50. The normalized spacial score (nSPS) is 22.2. The van der Waals surface area contributed by atoms with Crippen molar-refractivity contribution < 1.29 is 23.1 Å². The molecule has 0 saturated carbocycles. The van der Waals surface area contributed by atoms with Crippen LogP contribution in [0.15, 0.2) is 40.8 Å². The van der Waals surface area contributed by atoms with Crippen LogP contribution in [-0.4, -0.2) is 31.9 Å². The summed E-state index contributed by atoms with van der Waals surface area (Å²) < 4.78 is 28.0. The molecule has 8 heteroatoms. The molecule has 3 unspecified atom stereocenters. The zero-order valence-corrected chi connectivity index (χ0v) is 18.1. The van der Waals surface area contributed by atoms with E-state index in [0.29, 0.717) is 11.6 Å². The van der Waals surface area contributed by atoms with E-state index in [1.165, 1.54) is 19.1 Å². The zero-order chi connectivity index (χ0) is 21.8. The summed E-state index contributed by atoms with van der Waals surface area (Å²) in [6.45, 7) is 7.73. The Labute approximate surface area is 172 Å². The van der Waals surface area contributed by atoms with Crippen molar-refractivity contribution in [3.05, 3.63) is 35.9 Å². The molecule has 0 aliphatic heterocycles. The molecule has 1 amide bonds. The Balaban J connectivity index is 2.12. The van der Waals surface area contributed by atoms with Crippen molar-refractivity contribution in [1.29, 1.82) is 0 Å². The largest absolute Gasteiger partial charge is 0.481 e. The predicted octanol–water partition coefficient (Wildman–Crippen LogP) is 3.25. The van der Waals surface area contributed by atoms with Crippen LogP contribution in [0.3, 0.4) is 0 Å². The Morgan fingerprint density at radius 2 is 1.83 bits per heavy atom. The Morgan fingerprint density at radius 3 is 2.34 bits per heavy atom. The van der Waals surface area contributed by atoms with Crippen molar-refractivity contribution in [2.24, 2.45) is 23.7 Å². The van der Waals surface area contributed by atoms with Gasteiger partial charge in [0, 0.05) is 19.2 Å². The lowest BCUT2D eigenvalue weighted by Crippen LogP contribution is -2.37. The second kappa shape index (κ2) is 9.54. The van der Waals surface area contributed by atoms with E-state index in [1.54, 1.807) is 12.1 Å². The maximum Gasteiger partial charge on any atom is 0.303 e. The fourth-order valence-corrected chi connectivity index (χ4v) is 5.00. The first-order valence-corrected chi connectivity index (χ1v) is 11.3. The number of carbonyl (C=O) groups is 2. The second-order valence-corrected chi connectivity index (χ2v) is 9.84. The summed E-state index contributed by atoms with van der Waals surface area (Å²) in [6.07, 6.45) is 2.87. The molecular weight excluding hydrogens is 392 g/mol. The van der Waals surface area contributed by atoms with Gasteiger partial charge in [-0.1, -0.05) is 25.5 Å². The molecule has 1 aromatic rings. The van der Waals surface area contributed by atoms with Crippen LogP contribution in [0.25, 0.3) is 0 Å². The van der Waals surface area contributed by atoms with E-state index in [-0.39, 0.29) is 41.5 Å². The SMILES string of the molecule is CC(=O)Nc1ccc(S(=O)(=O)NCC2C=C(C)C(CC(=O)O)CC2C(C)C)cc1. The van der Waals surface area contributed by atoms with Gasteiger partial charge in [0.2, 0.25) is 15.9 Å². The van der Waals surface area contributed by atoms with Crippen LogP contribution in [0.2, 0.25) is 0 Å². The summed E-state index contributed by atoms with van der Waals surface area (Å²) in [5, 5.41) is 11.7. The Kier molecular flexibility index (Phi) is 7.60. The number of allylic oxidation sites excluding steroid dienone is 1. The summed E-state index contributed by atoms with van der Waals surface area (Å²) in [5.74, 6) is -0.524. The third kappa shape index (κ3) is 6.40. The molecule has 160 valence electrons. The number of carboxylic acid groups (broad SMARTS) is 1. The zero-order valence-electron chi connectivity index (χ0n) is 17.3. The topological polar surface area (TPSA) is 113 Å². The first-order valence-electron chi connectivity index (χ1n) is 9.77. The minimum atomic E-state index is -3.69. The highest BCUT2D eigenvalue weighted by Crippen LogP contribution is 2.38. The monoisotopic (exact) mass is 422 g/mol. The number of aliphatic carboxylic acids is 1. The van der Waals surface area contributed by atoms with Gasteiger partial charge in [0.15, 0.2) is 0 Å². The third-order valence-corrected chi connectivity index (χ3v) is 6.94. The van der Waals surface area contributed by atoms with Crippen molar-refractivity contribution in [3.8, 4) is 0 Å². The molecule has 1 aliphatic carbocycles. The minimum absolute atomic E-state index is 0.00548. The fraction of sp³-hybridized carbons (Fsp3) is 0.524. The summed E-state index contributed by atoms with van der Waals surface area (Å²) in [7, 11) is -3.69. The lowest BCUT2D eigenvalue weighted by molar-refractivity contribution is -0.138. The standard InChI is InChI=1S/C21H30N2O5S/c1-13(2)20-10-16(11-21(25)26)14(3)9-17(20)12-22-29(27,28)19-7-5-18(6-8-19)23-15(4)24/h5-9,13,16-17,20,22H,10-12H2,1-4H3,(H,23,24)(H,25,26). The van der Waals surface area contributed by atoms with Crippen LogP contribution >= 0.6 is 0 Å². The van der Waals surface area contributed by atoms with Gasteiger partial charge >= 0.3 is 5.97 Å². The van der Waals surface area contributed by atoms with Crippen molar-refractivity contribution in [1.82, 2.24) is 4.72 Å². The highest BCUT2D eigenvalue weighted by molar-refractivity contribution is 7.89. The molecule has 0 saturated heterocycles. The molecule has 0 spiro atoms. The van der Waals surface area contributed by atoms with Gasteiger partial charge < -0.3 is 10.4 Å². The fourth-order valence-electron chi connectivity index (χ4n) is 3.93. The quantitative estimate of drug-likeness (QED) is 0.557. The Bertz CT molecular complexity index is 875. The summed E-state index contributed by atoms with van der Waals surface area (Å²) in [6, 6.07) is 6.01. The van der Waals surface area contributed by atoms with Crippen LogP contribution in [0.5, 0.6) is 0 Å². The highest BCUT2D eigenvalue weighted by atomic mass is 32.2. The summed E-state index contributed by atoms with van der Waals surface area (Å²) in [4.78, 5) is 22.3. The van der Waals surface area contributed by atoms with E-state index in [1.807, 2.05) is 13.0 Å². The van der Waals surface area contributed by atoms with E-state index < -0.39 is 16.0 Å². The van der Waals surface area contributed by atoms with Crippen LogP contribution in [0.1, 0.15) is 40.5 Å². The molecular formula is C21H30N2O5S. The molecule has 3 atom stereocenters. The number of amides is 1. The van der Waals surface area contributed by atoms with Gasteiger partial charge in [-0.2, -0.15) is 0 Å². The van der Waals surface area contributed by atoms with Gasteiger partial charge in [-0.3, -0.25) is 9.59 Å². The first kappa shape index (κ1) is 23.1. The highest BCUT2D eigenvalue weighted by Gasteiger charge is 2.33. The molecule has 0 radical (unpaired) electrons. The van der Waals surface area contributed by atoms with Gasteiger partial charge in [0.25, 0.3) is 0 Å². The molecule has 7 nitrogen and oxygen atoms in total. The number of anilines is 1. The van der Waals surface area contributed by atoms with Gasteiger partial charge in [0.05, 0.1) is 11.3 Å². The van der Waals surface area contributed by atoms with Crippen molar-refractivity contribution in [2.45, 2.75) is 45.4 Å². The van der Waals surface area contributed by atoms with E-state index in [0.717, 1.165) is 12.0 Å². The molecule has 0 fully saturated rings. The van der Waals surface area contributed by atoms with E-state index in [2.05, 4.69) is 23.9 Å². The number of benzene rings is 1. The van der Waals surface area contributed by atoms with Gasteiger partial charge in [-0.25, -0.2) is 13.1 Å². The van der Waals surface area contributed by atoms with Crippen molar-refractivity contribution in [3.63, 3.8) is 0 Å². The predicted molar refractivity (Wildman–Crippen MR) is 112 cm³/mol. The van der Waals surface area contributed by atoms with Crippen LogP contribution in [-0.2, 0) is 19.6 Å². The van der Waals surface area contributed by atoms with Crippen LogP contribution < -0.4 is 10.0 Å². The number of nitrogens with one attached hydrogen (secondary N) is 2. The van der Waals surface area contributed by atoms with Crippen LogP contribution in [0.4, 0.5) is 5.69 Å². The maximum absolute atomic E-state index is 12.7. The second-order valence-electron chi connectivity index (χ2n) is 8.07. The van der Waals surface area contributed by atoms with Gasteiger partial charge in [0.1, 0.15) is 0 Å². The number of carboxylic acids is 1. The molecule has 29 heavy (non-hydrogen) atoms. The number of hydrogen-bond donors (Lipinski definition) is 3. The summed E-state index contributed by atoms with van der Waals surface area (Å²) >= 11 is 0. The molecule has 1 aromatic carbocycles. The number of sulfonamides is 1. The van der Waals surface area contributed by atoms with Crippen molar-refractivity contribution in [2.75, 3.05) is 11.9 Å². The lowest BCUT2D eigenvalue weighted by Gasteiger charge is -2.36. The molecule has 2 rings (SSSR count). The van der Waals surface area contributed by atoms with Gasteiger partial charge in [-0.15, -0.1) is 0 Å². The van der Waals surface area contributed by atoms with Crippen LogP contribution in [0, 0.1) is 23.7 Å². The average Bonchev–Trinajstić information content (AvgIpc) is 2.61. The number of carbonyl (C=O) groups excluding carboxylic acids is 1. The molecule has 3 N–H and O–H groups in total. The molecule has 0 heterocycles. The number of hydrogen-bond acceptors (Lipinski definition) is 4. The number of rotatable bonds is 8. The molecule has 0 aromatic heterocycles. The first-order chi connectivity index (χ1) is 13.5. The van der Waals surface area contributed by atoms with Crippen molar-refractivity contribution >= 4 is 27.6 Å². The Hall–Kier alpha value is -2.19. The van der Waals surface area contributed by atoms with E-state index in [4.69, 9.17) is 5.11 Å². The van der Waals surface area contributed by atoms with Gasteiger partial charge in [-0.05, 0) is 61.3 Å². The average molecular weight is 423 g/mol. The lowest BCUT2D eigenvalue weighted by atomic mass is 9.70. The maximum atomic E-state index is 12.7. The Morgan fingerprint density at radius 1 is 1.21 bits per heavy atom. The molecule has 1 aliphatic rings. The molecule has 0 bridgehead atoms. The van der Waals surface area contributed by atoms with E-state index >= 15 is 0 Å². The van der Waals surface area contributed by atoms with E-state index in [9.17, 15) is 18.0 Å². The minimum Gasteiger partial charge on any atom is -0.481 e.